The van der Waals surface area contributed by atoms with Crippen LogP contribution in [0.4, 0.5) is 5.69 Å². The van der Waals surface area contributed by atoms with Crippen LogP contribution in [0.1, 0.15) is 4.88 Å². The van der Waals surface area contributed by atoms with Gasteiger partial charge < -0.3 is 5.11 Å². The van der Waals surface area contributed by atoms with Gasteiger partial charge in [0.1, 0.15) is 4.88 Å². The largest absolute Gasteiger partial charge is 0.493 e. The van der Waals surface area contributed by atoms with Crippen molar-refractivity contribution in [1.82, 2.24) is 4.57 Å². The summed E-state index contributed by atoms with van der Waals surface area (Å²) in [5.74, 6) is -0.662. The highest BCUT2D eigenvalue weighted by Crippen LogP contribution is 2.31. The van der Waals surface area contributed by atoms with Gasteiger partial charge in [0.25, 0.3) is 5.91 Å². The van der Waals surface area contributed by atoms with E-state index in [-0.39, 0.29) is 16.3 Å². The van der Waals surface area contributed by atoms with Gasteiger partial charge in [0.15, 0.2) is 4.80 Å². The van der Waals surface area contributed by atoms with Gasteiger partial charge in [0.2, 0.25) is 15.9 Å². The molecule has 1 aliphatic heterocycles. The monoisotopic (exact) mass is 588 g/mol. The van der Waals surface area contributed by atoms with E-state index in [0.717, 1.165) is 15.8 Å². The Morgan fingerprint density at radius 2 is 1.74 bits per heavy atom. The number of aromatic nitrogens is 1. The normalized spacial score (nSPS) is 13.7. The van der Waals surface area contributed by atoms with Crippen molar-refractivity contribution >= 4 is 66.1 Å². The molecule has 12 heteroatoms. The zero-order valence-corrected chi connectivity index (χ0v) is 21.5. The van der Waals surface area contributed by atoms with Crippen molar-refractivity contribution in [2.75, 3.05) is 0 Å². The Morgan fingerprint density at radius 1 is 1.06 bits per heavy atom. The highest BCUT2D eigenvalue weighted by atomic mass is 79.9. The van der Waals surface area contributed by atoms with Crippen LogP contribution in [0, 0.1) is 0 Å². The number of rotatable bonds is 4. The summed E-state index contributed by atoms with van der Waals surface area (Å²) in [6, 6.07) is 17.7. The van der Waals surface area contributed by atoms with Gasteiger partial charge in [0, 0.05) is 14.7 Å². The first-order valence-corrected chi connectivity index (χ1v) is 13.5. The maximum atomic E-state index is 12.8. The molecule has 0 fully saturated rings. The number of primary sulfonamides is 1. The van der Waals surface area contributed by atoms with Gasteiger partial charge in [-0.25, -0.2) is 23.5 Å². The summed E-state index contributed by atoms with van der Waals surface area (Å²) in [5.41, 5.74) is 1.24. The Hall–Kier alpha value is -3.09. The SMILES string of the molecule is NS(=O)(=O)c1ccc(N=c2sc(C3=c4cc(Br)ccc4=NC3=O)c(O)n2-c2ccc(Cl)cc2)cc1. The molecule has 0 unspecified atom stereocenters. The fraction of sp³-hybridized carbons (Fsp3) is 0. The van der Waals surface area contributed by atoms with E-state index in [1.54, 1.807) is 42.5 Å². The van der Waals surface area contributed by atoms with Crippen LogP contribution in [-0.2, 0) is 14.8 Å². The van der Waals surface area contributed by atoms with E-state index in [2.05, 4.69) is 25.9 Å². The lowest BCUT2D eigenvalue weighted by molar-refractivity contribution is -0.112. The highest BCUT2D eigenvalue weighted by Gasteiger charge is 2.26. The van der Waals surface area contributed by atoms with E-state index in [1.807, 2.05) is 0 Å². The summed E-state index contributed by atoms with van der Waals surface area (Å²) in [7, 11) is -3.85. The van der Waals surface area contributed by atoms with Gasteiger partial charge in [-0.05, 0) is 66.7 Å². The summed E-state index contributed by atoms with van der Waals surface area (Å²) < 4.78 is 25.4. The van der Waals surface area contributed by atoms with E-state index < -0.39 is 15.9 Å². The second kappa shape index (κ2) is 8.85. The Balaban J connectivity index is 1.78. The molecular formula is C23H14BrClN4O4S2. The summed E-state index contributed by atoms with van der Waals surface area (Å²) in [5, 5.41) is 18.1. The summed E-state index contributed by atoms with van der Waals surface area (Å²) in [6.45, 7) is 0. The Kier molecular flexibility index (Phi) is 5.98. The average molecular weight is 590 g/mol. The molecule has 0 aliphatic carbocycles. The van der Waals surface area contributed by atoms with Gasteiger partial charge in [-0.2, -0.15) is 0 Å². The van der Waals surface area contributed by atoms with E-state index in [9.17, 15) is 18.3 Å². The van der Waals surface area contributed by atoms with Crippen molar-refractivity contribution in [3.63, 3.8) is 0 Å². The molecule has 3 aromatic carbocycles. The third-order valence-electron chi connectivity index (χ3n) is 5.17. The summed E-state index contributed by atoms with van der Waals surface area (Å²) in [6.07, 6.45) is 0. The number of aromatic hydroxyl groups is 1. The fourth-order valence-corrected chi connectivity index (χ4v) is 5.66. The zero-order chi connectivity index (χ0) is 24.9. The molecule has 0 bridgehead atoms. The lowest BCUT2D eigenvalue weighted by Gasteiger charge is -2.06. The molecule has 1 aliphatic rings. The molecule has 176 valence electrons. The van der Waals surface area contributed by atoms with E-state index >= 15 is 0 Å². The molecule has 35 heavy (non-hydrogen) atoms. The quantitative estimate of drug-likeness (QED) is 0.379. The molecule has 8 nitrogen and oxygen atoms in total. The molecule has 1 aromatic heterocycles. The zero-order valence-electron chi connectivity index (χ0n) is 17.5. The van der Waals surface area contributed by atoms with Gasteiger partial charge >= 0.3 is 0 Å². The Labute approximate surface area is 216 Å². The number of carbonyl (C=O) groups excluding carboxylic acids is 1. The van der Waals surface area contributed by atoms with Gasteiger partial charge in [-0.3, -0.25) is 9.36 Å². The number of nitrogens with two attached hydrogens (primary N) is 1. The van der Waals surface area contributed by atoms with E-state index in [0.29, 0.717) is 36.7 Å². The molecule has 0 saturated carbocycles. The molecule has 4 aromatic rings. The van der Waals surface area contributed by atoms with Crippen LogP contribution in [-0.4, -0.2) is 24.0 Å². The summed E-state index contributed by atoms with van der Waals surface area (Å²) in [4.78, 5) is 22.1. The fourth-order valence-electron chi connectivity index (χ4n) is 3.56. The predicted octanol–water partition coefficient (Wildman–Crippen LogP) is 2.90. The van der Waals surface area contributed by atoms with Crippen LogP contribution in [0.15, 0.2) is 86.1 Å². The number of benzene rings is 3. The molecule has 5 rings (SSSR count). The third-order valence-corrected chi connectivity index (χ3v) is 7.89. The molecule has 3 N–H and O–H groups in total. The maximum Gasteiger partial charge on any atom is 0.279 e. The number of carbonyl (C=O) groups is 1. The van der Waals surface area contributed by atoms with Crippen molar-refractivity contribution in [3.8, 4) is 11.6 Å². The smallest absolute Gasteiger partial charge is 0.279 e. The van der Waals surface area contributed by atoms with Crippen LogP contribution in [0.2, 0.25) is 5.02 Å². The third kappa shape index (κ3) is 4.48. The lowest BCUT2D eigenvalue weighted by Crippen LogP contribution is -2.22. The predicted molar refractivity (Wildman–Crippen MR) is 136 cm³/mol. The number of thiazole rings is 1. The van der Waals surface area contributed by atoms with Crippen molar-refractivity contribution in [1.29, 1.82) is 0 Å². The van der Waals surface area contributed by atoms with Crippen LogP contribution < -0.4 is 20.5 Å². The number of halogens is 2. The molecule has 0 spiro atoms. The second-order valence-corrected chi connectivity index (χ2v) is 11.3. The average Bonchev–Trinajstić information content (AvgIpc) is 3.29. The molecule has 0 saturated heterocycles. The van der Waals surface area contributed by atoms with Gasteiger partial charge in [0.05, 0.1) is 27.2 Å². The number of hydrogen-bond donors (Lipinski definition) is 2. The Morgan fingerprint density at radius 3 is 2.40 bits per heavy atom. The number of sulfonamides is 1. The van der Waals surface area contributed by atoms with Crippen molar-refractivity contribution in [2.24, 2.45) is 15.1 Å². The maximum absolute atomic E-state index is 12.8. The van der Waals surface area contributed by atoms with Crippen LogP contribution in [0.3, 0.4) is 0 Å². The first-order chi connectivity index (χ1) is 16.6. The highest BCUT2D eigenvalue weighted by molar-refractivity contribution is 9.10. The minimum atomic E-state index is -3.85. The second-order valence-electron chi connectivity index (χ2n) is 7.45. The number of fused-ring (bicyclic) bond motifs is 1. The molecular weight excluding hydrogens is 576 g/mol. The topological polar surface area (TPSA) is 127 Å². The first kappa shape index (κ1) is 23.6. The summed E-state index contributed by atoms with van der Waals surface area (Å²) >= 11 is 10.6. The minimum absolute atomic E-state index is 0.0485. The Bertz CT molecular complexity index is 1810. The number of hydrogen-bond acceptors (Lipinski definition) is 6. The number of nitrogens with zero attached hydrogens (tertiary/aromatic N) is 3. The standard InChI is InChI=1S/C23H14BrClN4O4S2/c24-12-1-10-18-17(11-12)19(21(30)28-18)20-22(31)29(15-6-2-13(25)3-7-15)23(34-20)27-14-4-8-16(9-5-14)35(26,32)33/h1-11,31H,(H2,26,32,33). The van der Waals surface area contributed by atoms with Crippen LogP contribution >= 0.6 is 38.9 Å². The molecule has 0 atom stereocenters. The van der Waals surface area contributed by atoms with Crippen LogP contribution in [0.25, 0.3) is 11.3 Å². The van der Waals surface area contributed by atoms with Gasteiger partial charge in [-0.1, -0.05) is 38.9 Å². The molecule has 2 heterocycles. The molecule has 0 radical (unpaired) electrons. The van der Waals surface area contributed by atoms with Crippen LogP contribution in [0.5, 0.6) is 5.88 Å². The van der Waals surface area contributed by atoms with E-state index in [4.69, 9.17) is 16.7 Å². The minimum Gasteiger partial charge on any atom is -0.493 e. The first-order valence-electron chi connectivity index (χ1n) is 9.93. The lowest BCUT2D eigenvalue weighted by atomic mass is 10.1. The van der Waals surface area contributed by atoms with Crippen molar-refractivity contribution in [2.45, 2.75) is 4.90 Å². The van der Waals surface area contributed by atoms with Crippen molar-refractivity contribution < 1.29 is 18.3 Å². The van der Waals surface area contributed by atoms with Crippen molar-refractivity contribution in [3.05, 3.63) is 96.5 Å². The van der Waals surface area contributed by atoms with E-state index in [1.165, 1.54) is 28.8 Å². The number of amides is 1. The van der Waals surface area contributed by atoms with Gasteiger partial charge in [-0.15, -0.1) is 0 Å². The molecule has 1 amide bonds.